The monoisotopic (exact) mass is 292 g/mol. The van der Waals surface area contributed by atoms with E-state index in [-0.39, 0.29) is 12.1 Å². The maximum Gasteiger partial charge on any atom is 0.269 e. The highest BCUT2D eigenvalue weighted by molar-refractivity contribution is 6.31. The minimum Gasteiger partial charge on any atom is -0.398 e. The molecule has 0 aliphatic carbocycles. The molecule has 1 aromatic heterocycles. The van der Waals surface area contributed by atoms with Crippen molar-refractivity contribution in [3.05, 3.63) is 51.4 Å². The first kappa shape index (κ1) is 14.4. The van der Waals surface area contributed by atoms with Gasteiger partial charge in [-0.25, -0.2) is 4.68 Å². The Kier molecular flexibility index (Phi) is 4.29. The van der Waals surface area contributed by atoms with Gasteiger partial charge in [-0.2, -0.15) is 5.10 Å². The molecule has 2 aromatic rings. The number of halogens is 1. The summed E-state index contributed by atoms with van der Waals surface area (Å²) in [4.78, 5) is 14.0. The van der Waals surface area contributed by atoms with Crippen molar-refractivity contribution in [2.75, 3.05) is 24.2 Å². The second-order valence-electron chi connectivity index (χ2n) is 4.53. The smallest absolute Gasteiger partial charge is 0.269 e. The van der Waals surface area contributed by atoms with Gasteiger partial charge in [-0.15, -0.1) is 0 Å². The van der Waals surface area contributed by atoms with E-state index < -0.39 is 0 Å². The molecule has 0 spiro atoms. The topological polar surface area (TPSA) is 64.2 Å². The lowest BCUT2D eigenvalue weighted by Crippen LogP contribution is -2.26. The summed E-state index contributed by atoms with van der Waals surface area (Å²) in [6.45, 7) is 3.08. The highest BCUT2D eigenvalue weighted by Crippen LogP contribution is 2.22. The van der Waals surface area contributed by atoms with E-state index in [1.165, 1.54) is 4.68 Å². The van der Waals surface area contributed by atoms with Crippen molar-refractivity contribution < 1.29 is 0 Å². The summed E-state index contributed by atoms with van der Waals surface area (Å²) < 4.78 is 1.35. The molecule has 0 aliphatic rings. The largest absolute Gasteiger partial charge is 0.398 e. The van der Waals surface area contributed by atoms with Crippen LogP contribution >= 0.6 is 11.6 Å². The summed E-state index contributed by atoms with van der Waals surface area (Å²) in [5, 5.41) is 4.71. The molecule has 0 fully saturated rings. The van der Waals surface area contributed by atoms with Gasteiger partial charge >= 0.3 is 0 Å². The molecule has 0 radical (unpaired) electrons. The lowest BCUT2D eigenvalue weighted by atomic mass is 10.2. The van der Waals surface area contributed by atoms with Crippen LogP contribution in [0.25, 0.3) is 0 Å². The first-order chi connectivity index (χ1) is 9.52. The van der Waals surface area contributed by atoms with Crippen LogP contribution in [0.15, 0.2) is 35.3 Å². The molecule has 5 nitrogen and oxygen atoms in total. The van der Waals surface area contributed by atoms with Crippen LogP contribution in [0, 0.1) is 0 Å². The van der Waals surface area contributed by atoms with Crippen LogP contribution in [-0.4, -0.2) is 23.4 Å². The first-order valence-corrected chi connectivity index (χ1v) is 6.72. The van der Waals surface area contributed by atoms with E-state index in [1.807, 2.05) is 18.9 Å². The predicted molar refractivity (Wildman–Crippen MR) is 82.4 cm³/mol. The van der Waals surface area contributed by atoms with E-state index in [2.05, 4.69) is 5.10 Å². The summed E-state index contributed by atoms with van der Waals surface area (Å²) in [6.07, 6.45) is 1.66. The van der Waals surface area contributed by atoms with Crippen LogP contribution in [0.3, 0.4) is 0 Å². The molecule has 1 heterocycles. The van der Waals surface area contributed by atoms with Crippen molar-refractivity contribution >= 4 is 23.0 Å². The van der Waals surface area contributed by atoms with Crippen molar-refractivity contribution in [1.29, 1.82) is 0 Å². The highest BCUT2D eigenvalue weighted by atomic mass is 35.5. The third-order valence-electron chi connectivity index (χ3n) is 3.23. The predicted octanol–water partition coefficient (Wildman–Crippen LogP) is 1.98. The van der Waals surface area contributed by atoms with Gasteiger partial charge in [0.2, 0.25) is 0 Å². The number of hydrogen-bond donors (Lipinski definition) is 1. The van der Waals surface area contributed by atoms with E-state index in [4.69, 9.17) is 17.3 Å². The third-order valence-corrected chi connectivity index (χ3v) is 3.59. The van der Waals surface area contributed by atoms with Gasteiger partial charge in [0.05, 0.1) is 18.4 Å². The molecule has 0 amide bonds. The lowest BCUT2D eigenvalue weighted by molar-refractivity contribution is 0.638. The van der Waals surface area contributed by atoms with Crippen molar-refractivity contribution in [2.45, 2.75) is 13.5 Å². The molecule has 20 heavy (non-hydrogen) atoms. The Hall–Kier alpha value is -2.01. The number of benzene rings is 1. The number of nitrogen functional groups attached to an aromatic ring is 1. The van der Waals surface area contributed by atoms with E-state index >= 15 is 0 Å². The van der Waals surface area contributed by atoms with Crippen molar-refractivity contribution in [1.82, 2.24) is 9.78 Å². The fraction of sp³-hybridized carbons (Fsp3) is 0.286. The summed E-state index contributed by atoms with van der Waals surface area (Å²) >= 11 is 6.10. The van der Waals surface area contributed by atoms with Gasteiger partial charge in [-0.3, -0.25) is 4.79 Å². The molecule has 0 atom stereocenters. The maximum absolute atomic E-state index is 12.1. The van der Waals surface area contributed by atoms with Crippen LogP contribution in [0.1, 0.15) is 12.5 Å². The molecule has 6 heteroatoms. The minimum atomic E-state index is -0.179. The average molecular weight is 293 g/mol. The molecule has 0 saturated carbocycles. The lowest BCUT2D eigenvalue weighted by Gasteiger charge is -2.16. The number of hydrogen-bond acceptors (Lipinski definition) is 4. The Morgan fingerprint density at radius 2 is 2.20 bits per heavy atom. The Labute approximate surface area is 122 Å². The molecular formula is C14H17ClN4O. The first-order valence-electron chi connectivity index (χ1n) is 6.34. The van der Waals surface area contributed by atoms with Crippen molar-refractivity contribution in [3.63, 3.8) is 0 Å². The molecule has 0 aliphatic heterocycles. The molecule has 1 aromatic carbocycles. The molecule has 0 bridgehead atoms. The van der Waals surface area contributed by atoms with Gasteiger partial charge in [0, 0.05) is 35.9 Å². The zero-order valence-electron chi connectivity index (χ0n) is 11.5. The van der Waals surface area contributed by atoms with E-state index in [1.54, 1.807) is 30.5 Å². The Bertz CT molecular complexity index is 648. The fourth-order valence-electron chi connectivity index (χ4n) is 1.83. The van der Waals surface area contributed by atoms with E-state index in [0.717, 1.165) is 12.2 Å². The molecule has 0 unspecified atom stereocenters. The van der Waals surface area contributed by atoms with Crippen molar-refractivity contribution in [3.8, 4) is 0 Å². The van der Waals surface area contributed by atoms with Gasteiger partial charge in [-0.05, 0) is 19.1 Å². The van der Waals surface area contributed by atoms with E-state index in [9.17, 15) is 4.79 Å². The number of anilines is 2. The van der Waals surface area contributed by atoms with E-state index in [0.29, 0.717) is 16.3 Å². The third kappa shape index (κ3) is 2.93. The maximum atomic E-state index is 12.1. The van der Waals surface area contributed by atoms with Crippen LogP contribution < -0.4 is 16.2 Å². The summed E-state index contributed by atoms with van der Waals surface area (Å²) in [7, 11) is 1.91. The van der Waals surface area contributed by atoms with Gasteiger partial charge < -0.3 is 10.6 Å². The summed E-state index contributed by atoms with van der Waals surface area (Å²) in [5.41, 5.74) is 7.76. The van der Waals surface area contributed by atoms with Crippen molar-refractivity contribution in [2.24, 2.45) is 0 Å². The molecular weight excluding hydrogens is 276 g/mol. The minimum absolute atomic E-state index is 0.179. The second kappa shape index (κ2) is 5.96. The number of rotatable bonds is 4. The number of nitrogens with zero attached hydrogens (tertiary/aromatic N) is 3. The van der Waals surface area contributed by atoms with Gasteiger partial charge in [-0.1, -0.05) is 17.7 Å². The second-order valence-corrected chi connectivity index (χ2v) is 4.94. The summed E-state index contributed by atoms with van der Waals surface area (Å²) in [5.74, 6) is 0. The Balaban J connectivity index is 2.33. The van der Waals surface area contributed by atoms with Crippen LogP contribution in [-0.2, 0) is 6.54 Å². The Morgan fingerprint density at radius 3 is 2.80 bits per heavy atom. The normalized spacial score (nSPS) is 10.6. The highest BCUT2D eigenvalue weighted by Gasteiger charge is 2.08. The Morgan fingerprint density at radius 1 is 1.45 bits per heavy atom. The molecule has 106 valence electrons. The van der Waals surface area contributed by atoms with Gasteiger partial charge in [0.25, 0.3) is 5.56 Å². The van der Waals surface area contributed by atoms with Gasteiger partial charge in [0.15, 0.2) is 0 Å². The fourth-order valence-corrected chi connectivity index (χ4v) is 2.07. The zero-order chi connectivity index (χ0) is 14.7. The van der Waals surface area contributed by atoms with Crippen LogP contribution in [0.2, 0.25) is 5.02 Å². The molecule has 0 saturated heterocycles. The zero-order valence-corrected chi connectivity index (χ0v) is 12.3. The quantitative estimate of drug-likeness (QED) is 0.875. The van der Waals surface area contributed by atoms with Crippen LogP contribution in [0.4, 0.5) is 11.4 Å². The standard InChI is InChI=1S/C14H17ClN4O/c1-3-18(2)10-7-14(20)19(17-8-10)9-11-12(15)5-4-6-13(11)16/h4-8H,3,9,16H2,1-2H3. The van der Waals surface area contributed by atoms with Gasteiger partial charge in [0.1, 0.15) is 0 Å². The number of aromatic nitrogens is 2. The average Bonchev–Trinajstić information content (AvgIpc) is 2.43. The molecule has 2 rings (SSSR count). The number of nitrogens with two attached hydrogens (primary N) is 1. The molecule has 2 N–H and O–H groups in total. The van der Waals surface area contributed by atoms with Crippen LogP contribution in [0.5, 0.6) is 0 Å². The SMILES string of the molecule is CCN(C)c1cnn(Cc2c(N)cccc2Cl)c(=O)c1. The summed E-state index contributed by atoms with van der Waals surface area (Å²) in [6, 6.07) is 6.84.